The Morgan fingerprint density at radius 1 is 1.19 bits per heavy atom. The van der Waals surface area contributed by atoms with E-state index in [2.05, 4.69) is 10.6 Å². The normalized spacial score (nSPS) is 12.0. The fourth-order valence-electron chi connectivity index (χ4n) is 2.01. The Morgan fingerprint density at radius 2 is 1.85 bits per heavy atom. The van der Waals surface area contributed by atoms with Crippen molar-refractivity contribution in [2.24, 2.45) is 0 Å². The third kappa shape index (κ3) is 9.69. The number of benzene rings is 1. The van der Waals surface area contributed by atoms with Crippen molar-refractivity contribution in [1.82, 2.24) is 10.6 Å². The molecule has 3 N–H and O–H groups in total. The molecule has 2 amide bonds. The van der Waals surface area contributed by atoms with E-state index in [1.807, 2.05) is 0 Å². The van der Waals surface area contributed by atoms with Crippen molar-refractivity contribution in [1.29, 1.82) is 0 Å². The second-order valence-corrected chi connectivity index (χ2v) is 7.18. The molecule has 1 aromatic carbocycles. The Kier molecular flexibility index (Phi) is 8.87. The van der Waals surface area contributed by atoms with E-state index in [-0.39, 0.29) is 19.6 Å². The number of carbonyl (C=O) groups excluding carboxylic acids is 2. The molecule has 0 heterocycles. The van der Waals surface area contributed by atoms with Gasteiger partial charge in [0.1, 0.15) is 18.2 Å². The van der Waals surface area contributed by atoms with Crippen molar-refractivity contribution < 1.29 is 29.0 Å². The highest BCUT2D eigenvalue weighted by molar-refractivity contribution is 6.31. The quantitative estimate of drug-likeness (QED) is 0.577. The van der Waals surface area contributed by atoms with Gasteiger partial charge in [0.15, 0.2) is 0 Å². The van der Waals surface area contributed by atoms with Gasteiger partial charge in [0.05, 0.1) is 0 Å². The number of hydrogen-bond acceptors (Lipinski definition) is 5. The molecular formula is C18H25ClN2O6. The molecule has 0 radical (unpaired) electrons. The first-order chi connectivity index (χ1) is 12.6. The number of carboxylic acid groups (broad SMARTS) is 1. The average Bonchev–Trinajstić information content (AvgIpc) is 2.55. The van der Waals surface area contributed by atoms with E-state index in [4.69, 9.17) is 21.1 Å². The molecule has 0 bridgehead atoms. The SMILES string of the molecule is CC(C)(C)OC(=O)N[C@H](CCCNC(=O)OCc1ccccc1Cl)C(=O)O. The summed E-state index contributed by atoms with van der Waals surface area (Å²) >= 11 is 5.97. The zero-order valence-corrected chi connectivity index (χ0v) is 16.3. The van der Waals surface area contributed by atoms with Gasteiger partial charge >= 0.3 is 18.2 Å². The first-order valence-corrected chi connectivity index (χ1v) is 8.82. The van der Waals surface area contributed by atoms with Crippen molar-refractivity contribution in [2.45, 2.75) is 51.9 Å². The van der Waals surface area contributed by atoms with Crippen LogP contribution in [-0.4, -0.2) is 41.4 Å². The topological polar surface area (TPSA) is 114 Å². The molecular weight excluding hydrogens is 376 g/mol. The Hall–Kier alpha value is -2.48. The minimum atomic E-state index is -1.18. The molecule has 0 aliphatic carbocycles. The molecule has 0 fully saturated rings. The van der Waals surface area contributed by atoms with E-state index in [1.54, 1.807) is 45.0 Å². The molecule has 0 aliphatic rings. The Bertz CT molecular complexity index is 659. The van der Waals surface area contributed by atoms with Gasteiger partial charge in [0.25, 0.3) is 0 Å². The summed E-state index contributed by atoms with van der Waals surface area (Å²) in [4.78, 5) is 34.5. The summed E-state index contributed by atoms with van der Waals surface area (Å²) in [5.41, 5.74) is -0.0399. The highest BCUT2D eigenvalue weighted by atomic mass is 35.5. The minimum absolute atomic E-state index is 0.0312. The van der Waals surface area contributed by atoms with Gasteiger partial charge < -0.3 is 25.2 Å². The smallest absolute Gasteiger partial charge is 0.408 e. The molecule has 27 heavy (non-hydrogen) atoms. The van der Waals surface area contributed by atoms with Gasteiger partial charge in [-0.1, -0.05) is 29.8 Å². The van der Waals surface area contributed by atoms with Crippen molar-refractivity contribution in [2.75, 3.05) is 6.54 Å². The van der Waals surface area contributed by atoms with Crippen molar-refractivity contribution in [3.63, 3.8) is 0 Å². The number of carbonyl (C=O) groups is 3. The summed E-state index contributed by atoms with van der Waals surface area (Å²) in [6, 6.07) is 5.89. The van der Waals surface area contributed by atoms with Crippen LogP contribution in [0.3, 0.4) is 0 Å². The van der Waals surface area contributed by atoms with Gasteiger partial charge in [0.2, 0.25) is 0 Å². The molecule has 0 unspecified atom stereocenters. The van der Waals surface area contributed by atoms with Crippen LogP contribution in [0.4, 0.5) is 9.59 Å². The Labute approximate surface area is 163 Å². The van der Waals surface area contributed by atoms with Gasteiger partial charge in [-0.3, -0.25) is 0 Å². The number of hydrogen-bond donors (Lipinski definition) is 3. The van der Waals surface area contributed by atoms with Gasteiger partial charge in [-0.05, 0) is 39.7 Å². The number of alkyl carbamates (subject to hydrolysis) is 2. The van der Waals surface area contributed by atoms with Crippen LogP contribution in [0.1, 0.15) is 39.2 Å². The highest BCUT2D eigenvalue weighted by Crippen LogP contribution is 2.15. The van der Waals surface area contributed by atoms with Crippen LogP contribution in [0.5, 0.6) is 0 Å². The van der Waals surface area contributed by atoms with E-state index >= 15 is 0 Å². The standard InChI is InChI=1S/C18H25ClN2O6/c1-18(2,3)27-17(25)21-14(15(22)23)9-6-10-20-16(24)26-11-12-7-4-5-8-13(12)19/h4-5,7-8,14H,6,9-11H2,1-3H3,(H,20,24)(H,21,25)(H,22,23)/t14-/m1/s1. The van der Waals surface area contributed by atoms with E-state index in [9.17, 15) is 19.5 Å². The molecule has 0 saturated carbocycles. The van der Waals surface area contributed by atoms with Gasteiger partial charge in [-0.2, -0.15) is 0 Å². The number of amides is 2. The van der Waals surface area contributed by atoms with Crippen LogP contribution in [0.2, 0.25) is 5.02 Å². The van der Waals surface area contributed by atoms with E-state index in [1.165, 1.54) is 0 Å². The lowest BCUT2D eigenvalue weighted by Gasteiger charge is -2.22. The zero-order valence-electron chi connectivity index (χ0n) is 15.6. The molecule has 1 aromatic rings. The second-order valence-electron chi connectivity index (χ2n) is 6.77. The number of ether oxygens (including phenoxy) is 2. The third-order valence-corrected chi connectivity index (χ3v) is 3.61. The van der Waals surface area contributed by atoms with E-state index in [0.717, 1.165) is 0 Å². The summed E-state index contributed by atoms with van der Waals surface area (Å²) in [5, 5.41) is 14.5. The fourth-order valence-corrected chi connectivity index (χ4v) is 2.20. The second kappa shape index (κ2) is 10.6. The Morgan fingerprint density at radius 3 is 2.44 bits per heavy atom. The average molecular weight is 401 g/mol. The lowest BCUT2D eigenvalue weighted by atomic mass is 10.1. The largest absolute Gasteiger partial charge is 0.480 e. The maximum absolute atomic E-state index is 11.7. The first-order valence-electron chi connectivity index (χ1n) is 8.45. The minimum Gasteiger partial charge on any atom is -0.480 e. The van der Waals surface area contributed by atoms with Crippen molar-refractivity contribution >= 4 is 29.8 Å². The van der Waals surface area contributed by atoms with Crippen LogP contribution >= 0.6 is 11.6 Å². The molecule has 8 nitrogen and oxygen atoms in total. The van der Waals surface area contributed by atoms with Crippen molar-refractivity contribution in [3.05, 3.63) is 34.9 Å². The number of aliphatic carboxylic acids is 1. The molecule has 1 rings (SSSR count). The summed E-state index contributed by atoms with van der Waals surface area (Å²) in [7, 11) is 0. The summed E-state index contributed by atoms with van der Waals surface area (Å²) < 4.78 is 10.1. The number of halogens is 1. The van der Waals surface area contributed by atoms with Crippen LogP contribution in [0, 0.1) is 0 Å². The fraction of sp³-hybridized carbons (Fsp3) is 0.500. The van der Waals surface area contributed by atoms with Gasteiger partial charge in [0, 0.05) is 17.1 Å². The zero-order chi connectivity index (χ0) is 20.4. The number of rotatable bonds is 8. The molecule has 0 saturated heterocycles. The first kappa shape index (κ1) is 22.6. The van der Waals surface area contributed by atoms with Crippen LogP contribution < -0.4 is 10.6 Å². The molecule has 150 valence electrons. The summed E-state index contributed by atoms with van der Waals surface area (Å²) in [5.74, 6) is -1.18. The van der Waals surface area contributed by atoms with Crippen LogP contribution in [0.25, 0.3) is 0 Å². The maximum atomic E-state index is 11.7. The number of carboxylic acids is 1. The molecule has 9 heteroatoms. The predicted molar refractivity (Wildman–Crippen MR) is 99.7 cm³/mol. The number of nitrogens with one attached hydrogen (secondary N) is 2. The predicted octanol–water partition coefficient (Wildman–Crippen LogP) is 3.32. The molecule has 0 aromatic heterocycles. The van der Waals surface area contributed by atoms with E-state index < -0.39 is 29.8 Å². The highest BCUT2D eigenvalue weighted by Gasteiger charge is 2.23. The molecule has 0 aliphatic heterocycles. The van der Waals surface area contributed by atoms with Gasteiger partial charge in [-0.25, -0.2) is 14.4 Å². The third-order valence-electron chi connectivity index (χ3n) is 3.24. The summed E-state index contributed by atoms with van der Waals surface area (Å²) in [6.45, 7) is 5.27. The van der Waals surface area contributed by atoms with E-state index in [0.29, 0.717) is 17.0 Å². The van der Waals surface area contributed by atoms with Crippen LogP contribution in [0.15, 0.2) is 24.3 Å². The monoisotopic (exact) mass is 400 g/mol. The molecule has 1 atom stereocenters. The lowest BCUT2D eigenvalue weighted by Crippen LogP contribution is -2.43. The summed E-state index contributed by atoms with van der Waals surface area (Å²) in [6.07, 6.45) is -0.989. The Balaban J connectivity index is 2.31. The lowest BCUT2D eigenvalue weighted by molar-refractivity contribution is -0.139. The molecule has 0 spiro atoms. The van der Waals surface area contributed by atoms with Crippen LogP contribution in [-0.2, 0) is 20.9 Å². The maximum Gasteiger partial charge on any atom is 0.408 e. The van der Waals surface area contributed by atoms with Gasteiger partial charge in [-0.15, -0.1) is 0 Å². The van der Waals surface area contributed by atoms with Crippen molar-refractivity contribution in [3.8, 4) is 0 Å².